The molecule has 0 saturated heterocycles. The van der Waals surface area contributed by atoms with Crippen molar-refractivity contribution in [3.63, 3.8) is 0 Å². The van der Waals surface area contributed by atoms with Crippen LogP contribution in [0, 0.1) is 0 Å². The van der Waals surface area contributed by atoms with Crippen molar-refractivity contribution >= 4 is 5.97 Å². The molecule has 0 aliphatic heterocycles. The fourth-order valence-corrected chi connectivity index (χ4v) is 2.38. The number of unbranched alkanes of at least 4 members (excludes halogenated alkanes) is 5. The third kappa shape index (κ3) is 17.0. The van der Waals surface area contributed by atoms with Crippen LogP contribution in [0.15, 0.2) is 36.5 Å². The van der Waals surface area contributed by atoms with Gasteiger partial charge >= 0.3 is 5.97 Å². The number of allylic oxidation sites excluding steroid dienone is 6. The number of hydrogen-bond donors (Lipinski definition) is 1. The van der Waals surface area contributed by atoms with Gasteiger partial charge in [-0.3, -0.25) is 4.79 Å². The smallest absolute Gasteiger partial charge is 0.308 e. The number of carbonyl (C=O) groups excluding carboxylic acids is 1. The van der Waals surface area contributed by atoms with Crippen molar-refractivity contribution in [1.82, 2.24) is 0 Å². The summed E-state index contributed by atoms with van der Waals surface area (Å²) in [7, 11) is 1.35. The van der Waals surface area contributed by atoms with Crippen molar-refractivity contribution in [2.24, 2.45) is 0 Å². The molecule has 138 valence electrons. The Balaban J connectivity index is 3.34. The molecule has 0 saturated carbocycles. The Hall–Kier alpha value is -1.35. The summed E-state index contributed by atoms with van der Waals surface area (Å²) in [4.78, 5) is 11.0. The molecule has 3 nitrogen and oxygen atoms in total. The van der Waals surface area contributed by atoms with Crippen LogP contribution in [-0.4, -0.2) is 24.3 Å². The molecular weight excluding hydrogens is 300 g/mol. The van der Waals surface area contributed by atoms with Gasteiger partial charge in [0.25, 0.3) is 0 Å². The standard InChI is InChI=1S/C21H36O3/c1-3-4-5-6-7-8-9-10-11-12-13-14-15-16-17-18-20(22)19-21(23)24-2/h4-5,7-8,10-11,20,22H,3,6,9,12-19H2,1-2H3/b5-4-,8-7-,11-10-/t20-/m1/s1. The second-order valence-corrected chi connectivity index (χ2v) is 6.07. The SMILES string of the molecule is CC/C=C\C/C=C\C/C=C\CCCCCCC[C@@H](O)CC(=O)OC. The highest BCUT2D eigenvalue weighted by Crippen LogP contribution is 2.11. The van der Waals surface area contributed by atoms with Gasteiger partial charge in [0.2, 0.25) is 0 Å². The number of carbonyl (C=O) groups is 1. The number of methoxy groups -OCH3 is 1. The average Bonchev–Trinajstić information content (AvgIpc) is 2.58. The Morgan fingerprint density at radius 1 is 0.917 bits per heavy atom. The van der Waals surface area contributed by atoms with Gasteiger partial charge in [-0.2, -0.15) is 0 Å². The minimum absolute atomic E-state index is 0.116. The molecule has 0 radical (unpaired) electrons. The van der Waals surface area contributed by atoms with Crippen LogP contribution in [0.25, 0.3) is 0 Å². The van der Waals surface area contributed by atoms with E-state index in [9.17, 15) is 9.90 Å². The van der Waals surface area contributed by atoms with Gasteiger partial charge in [0.15, 0.2) is 0 Å². The predicted molar refractivity (Wildman–Crippen MR) is 102 cm³/mol. The van der Waals surface area contributed by atoms with Gasteiger partial charge < -0.3 is 9.84 Å². The molecule has 0 aliphatic rings. The van der Waals surface area contributed by atoms with E-state index in [4.69, 9.17) is 0 Å². The lowest BCUT2D eigenvalue weighted by Gasteiger charge is -2.08. The van der Waals surface area contributed by atoms with Crippen LogP contribution in [0.3, 0.4) is 0 Å². The van der Waals surface area contributed by atoms with Gasteiger partial charge in [0.05, 0.1) is 19.6 Å². The Morgan fingerprint density at radius 3 is 2.17 bits per heavy atom. The first kappa shape index (κ1) is 22.6. The molecule has 3 heteroatoms. The molecule has 0 aromatic carbocycles. The van der Waals surface area contributed by atoms with Gasteiger partial charge in [-0.25, -0.2) is 0 Å². The lowest BCUT2D eigenvalue weighted by molar-refractivity contribution is -0.142. The molecule has 0 amide bonds. The highest BCUT2D eigenvalue weighted by molar-refractivity contribution is 5.69. The summed E-state index contributed by atoms with van der Waals surface area (Å²) in [5.41, 5.74) is 0. The molecule has 0 fully saturated rings. The summed E-state index contributed by atoms with van der Waals surface area (Å²) < 4.78 is 4.54. The van der Waals surface area contributed by atoms with Gasteiger partial charge in [0.1, 0.15) is 0 Å². The molecule has 0 aliphatic carbocycles. The van der Waals surface area contributed by atoms with Crippen LogP contribution in [0.1, 0.15) is 77.6 Å². The molecule has 0 spiro atoms. The van der Waals surface area contributed by atoms with E-state index in [1.165, 1.54) is 26.4 Å². The molecule has 0 heterocycles. The number of ether oxygens (including phenoxy) is 1. The molecule has 24 heavy (non-hydrogen) atoms. The lowest BCUT2D eigenvalue weighted by Crippen LogP contribution is -2.14. The van der Waals surface area contributed by atoms with Gasteiger partial charge in [0, 0.05) is 0 Å². The second-order valence-electron chi connectivity index (χ2n) is 6.07. The summed E-state index contributed by atoms with van der Waals surface area (Å²) in [6.45, 7) is 2.15. The van der Waals surface area contributed by atoms with E-state index < -0.39 is 6.10 Å². The zero-order valence-corrected chi connectivity index (χ0v) is 15.6. The monoisotopic (exact) mass is 336 g/mol. The maximum absolute atomic E-state index is 11.0. The summed E-state index contributed by atoms with van der Waals surface area (Å²) in [6.07, 6.45) is 23.7. The zero-order valence-electron chi connectivity index (χ0n) is 15.6. The maximum Gasteiger partial charge on any atom is 0.308 e. The van der Waals surface area contributed by atoms with Crippen molar-refractivity contribution in [2.75, 3.05) is 7.11 Å². The first-order chi connectivity index (χ1) is 11.7. The van der Waals surface area contributed by atoms with Crippen molar-refractivity contribution in [3.8, 4) is 0 Å². The quantitative estimate of drug-likeness (QED) is 0.244. The molecule has 0 unspecified atom stereocenters. The Bertz CT molecular complexity index is 369. The van der Waals surface area contributed by atoms with Crippen molar-refractivity contribution in [2.45, 2.75) is 83.7 Å². The van der Waals surface area contributed by atoms with E-state index in [1.807, 2.05) is 0 Å². The van der Waals surface area contributed by atoms with Crippen LogP contribution >= 0.6 is 0 Å². The molecule has 0 aromatic rings. The third-order valence-corrected chi connectivity index (χ3v) is 3.82. The third-order valence-electron chi connectivity index (χ3n) is 3.82. The molecule has 0 rings (SSSR count). The predicted octanol–water partition coefficient (Wildman–Crippen LogP) is 5.50. The van der Waals surface area contributed by atoms with E-state index in [0.29, 0.717) is 6.42 Å². The Kier molecular flexibility index (Phi) is 17.0. The topological polar surface area (TPSA) is 46.5 Å². The maximum atomic E-state index is 11.0. The van der Waals surface area contributed by atoms with Crippen molar-refractivity contribution in [3.05, 3.63) is 36.5 Å². The van der Waals surface area contributed by atoms with E-state index in [2.05, 4.69) is 48.1 Å². The van der Waals surface area contributed by atoms with Crippen LogP contribution in [0.5, 0.6) is 0 Å². The van der Waals surface area contributed by atoms with Gasteiger partial charge in [-0.1, -0.05) is 69.1 Å². The van der Waals surface area contributed by atoms with E-state index in [1.54, 1.807) is 0 Å². The van der Waals surface area contributed by atoms with Gasteiger partial charge in [-0.15, -0.1) is 0 Å². The van der Waals surface area contributed by atoms with Crippen molar-refractivity contribution in [1.29, 1.82) is 0 Å². The van der Waals surface area contributed by atoms with Crippen LogP contribution in [0.4, 0.5) is 0 Å². The fourth-order valence-electron chi connectivity index (χ4n) is 2.38. The normalized spacial score (nSPS) is 13.3. The number of rotatable bonds is 15. The number of aliphatic hydroxyl groups is 1. The Morgan fingerprint density at radius 2 is 1.50 bits per heavy atom. The van der Waals surface area contributed by atoms with Crippen LogP contribution < -0.4 is 0 Å². The average molecular weight is 337 g/mol. The van der Waals surface area contributed by atoms with Crippen LogP contribution in [0.2, 0.25) is 0 Å². The highest BCUT2D eigenvalue weighted by atomic mass is 16.5. The molecule has 0 aromatic heterocycles. The zero-order chi connectivity index (χ0) is 17.9. The largest absolute Gasteiger partial charge is 0.469 e. The molecule has 1 N–H and O–H groups in total. The van der Waals surface area contributed by atoms with Crippen LogP contribution in [-0.2, 0) is 9.53 Å². The number of esters is 1. The van der Waals surface area contributed by atoms with Gasteiger partial charge in [-0.05, 0) is 38.5 Å². The van der Waals surface area contributed by atoms with E-state index in [0.717, 1.165) is 38.5 Å². The summed E-state index contributed by atoms with van der Waals surface area (Å²) in [6, 6.07) is 0. The summed E-state index contributed by atoms with van der Waals surface area (Å²) in [5.74, 6) is -0.332. The minimum atomic E-state index is -0.550. The lowest BCUT2D eigenvalue weighted by atomic mass is 10.1. The number of aliphatic hydroxyl groups excluding tert-OH is 1. The van der Waals surface area contributed by atoms with E-state index in [-0.39, 0.29) is 12.4 Å². The summed E-state index contributed by atoms with van der Waals surface area (Å²) >= 11 is 0. The minimum Gasteiger partial charge on any atom is -0.469 e. The number of hydrogen-bond acceptors (Lipinski definition) is 3. The van der Waals surface area contributed by atoms with Crippen molar-refractivity contribution < 1.29 is 14.6 Å². The fraction of sp³-hybridized carbons (Fsp3) is 0.667. The highest BCUT2D eigenvalue weighted by Gasteiger charge is 2.09. The molecule has 1 atom stereocenters. The Labute approximate surface area is 148 Å². The second kappa shape index (κ2) is 18.0. The first-order valence-corrected chi connectivity index (χ1v) is 9.40. The molecular formula is C21H36O3. The molecule has 0 bridgehead atoms. The van der Waals surface area contributed by atoms with E-state index >= 15 is 0 Å². The summed E-state index contributed by atoms with van der Waals surface area (Å²) in [5, 5.41) is 9.64. The first-order valence-electron chi connectivity index (χ1n) is 9.40.